The van der Waals surface area contributed by atoms with Crippen LogP contribution in [-0.4, -0.2) is 16.1 Å². The van der Waals surface area contributed by atoms with Gasteiger partial charge in [-0.2, -0.15) is 5.10 Å². The van der Waals surface area contributed by atoms with E-state index in [-0.39, 0.29) is 5.91 Å². The summed E-state index contributed by atoms with van der Waals surface area (Å²) in [6.45, 7) is 3.92. The molecule has 2 aromatic heterocycles. The number of carbonyl (C=O) groups is 1. The van der Waals surface area contributed by atoms with Gasteiger partial charge in [-0.05, 0) is 32.1 Å². The van der Waals surface area contributed by atoms with Gasteiger partial charge in [-0.1, -0.05) is 0 Å². The molecule has 0 aromatic carbocycles. The maximum atomic E-state index is 11.6. The van der Waals surface area contributed by atoms with E-state index in [0.717, 1.165) is 10.4 Å². The Balaban J connectivity index is 1.98. The highest BCUT2D eigenvalue weighted by atomic mass is 32.1. The monoisotopic (exact) mass is 247 g/mol. The number of thiophene rings is 1. The summed E-state index contributed by atoms with van der Waals surface area (Å²) in [6.07, 6.45) is 4.99. The van der Waals surface area contributed by atoms with Crippen molar-refractivity contribution in [3.63, 3.8) is 0 Å². The number of amides is 1. The summed E-state index contributed by atoms with van der Waals surface area (Å²) >= 11 is 1.65. The van der Waals surface area contributed by atoms with Gasteiger partial charge in [0.2, 0.25) is 5.91 Å². The molecule has 0 aliphatic carbocycles. The van der Waals surface area contributed by atoms with Gasteiger partial charge < -0.3 is 5.32 Å². The highest BCUT2D eigenvalue weighted by molar-refractivity contribution is 7.12. The largest absolute Gasteiger partial charge is 0.307 e. The van der Waals surface area contributed by atoms with Crippen molar-refractivity contribution >= 4 is 29.1 Å². The number of rotatable bonds is 3. The minimum absolute atomic E-state index is 0.164. The molecule has 88 valence electrons. The molecule has 0 atom stereocenters. The standard InChI is InChI=1S/C12H13N3OS/c1-8-7-13-15-12(8)14-11(16)6-5-10-4-3-9(2)17-10/h3-7H,1-2H3,(H2,13,14,15,16)/b6-5+. The molecule has 17 heavy (non-hydrogen) atoms. The lowest BCUT2D eigenvalue weighted by molar-refractivity contribution is -0.111. The predicted molar refractivity (Wildman–Crippen MR) is 70.0 cm³/mol. The molecule has 4 nitrogen and oxygen atoms in total. The van der Waals surface area contributed by atoms with E-state index in [1.165, 1.54) is 11.0 Å². The summed E-state index contributed by atoms with van der Waals surface area (Å²) in [4.78, 5) is 13.9. The molecule has 0 unspecified atom stereocenters. The number of nitrogens with zero attached hydrogens (tertiary/aromatic N) is 1. The van der Waals surface area contributed by atoms with Crippen molar-refractivity contribution in [2.75, 3.05) is 5.32 Å². The van der Waals surface area contributed by atoms with Gasteiger partial charge in [0, 0.05) is 21.4 Å². The minimum Gasteiger partial charge on any atom is -0.307 e. The molecule has 2 heterocycles. The molecule has 0 spiro atoms. The van der Waals surface area contributed by atoms with Gasteiger partial charge in [-0.25, -0.2) is 0 Å². The van der Waals surface area contributed by atoms with Crippen molar-refractivity contribution in [2.24, 2.45) is 0 Å². The van der Waals surface area contributed by atoms with Crippen molar-refractivity contribution in [3.05, 3.63) is 39.7 Å². The Hall–Kier alpha value is -1.88. The van der Waals surface area contributed by atoms with Gasteiger partial charge in [0.1, 0.15) is 5.82 Å². The maximum Gasteiger partial charge on any atom is 0.249 e. The van der Waals surface area contributed by atoms with Crippen LogP contribution >= 0.6 is 11.3 Å². The van der Waals surface area contributed by atoms with Crippen LogP contribution in [0.5, 0.6) is 0 Å². The third-order valence-corrected chi connectivity index (χ3v) is 3.20. The molecule has 0 saturated heterocycles. The Labute approximate surface area is 103 Å². The van der Waals surface area contributed by atoms with E-state index in [1.807, 2.05) is 26.0 Å². The van der Waals surface area contributed by atoms with Gasteiger partial charge in [-0.15, -0.1) is 11.3 Å². The summed E-state index contributed by atoms with van der Waals surface area (Å²) in [5.41, 5.74) is 0.915. The number of nitrogens with one attached hydrogen (secondary N) is 2. The van der Waals surface area contributed by atoms with E-state index in [1.54, 1.807) is 23.6 Å². The number of hydrogen-bond acceptors (Lipinski definition) is 3. The smallest absolute Gasteiger partial charge is 0.249 e. The number of H-pyrrole nitrogens is 1. The van der Waals surface area contributed by atoms with Crippen LogP contribution in [-0.2, 0) is 4.79 Å². The SMILES string of the molecule is Cc1ccc(/C=C/C(=O)Nc2[nH]ncc2C)s1. The molecule has 2 rings (SSSR count). The van der Waals surface area contributed by atoms with Gasteiger partial charge in [0.05, 0.1) is 6.20 Å². The number of aromatic amines is 1. The lowest BCUT2D eigenvalue weighted by Gasteiger charge is -1.98. The van der Waals surface area contributed by atoms with Crippen LogP contribution in [0.1, 0.15) is 15.3 Å². The van der Waals surface area contributed by atoms with E-state index in [2.05, 4.69) is 15.5 Å². The van der Waals surface area contributed by atoms with Crippen LogP contribution in [0.2, 0.25) is 0 Å². The quantitative estimate of drug-likeness (QED) is 0.819. The zero-order valence-electron chi connectivity index (χ0n) is 9.65. The lowest BCUT2D eigenvalue weighted by Crippen LogP contribution is -2.08. The van der Waals surface area contributed by atoms with Crippen LogP contribution in [0.25, 0.3) is 6.08 Å². The summed E-state index contributed by atoms with van der Waals surface area (Å²) in [5.74, 6) is 0.477. The van der Waals surface area contributed by atoms with E-state index in [4.69, 9.17) is 0 Å². The van der Waals surface area contributed by atoms with Crippen molar-refractivity contribution in [1.82, 2.24) is 10.2 Å². The third-order valence-electron chi connectivity index (χ3n) is 2.24. The number of aryl methyl sites for hydroxylation is 2. The number of anilines is 1. The maximum absolute atomic E-state index is 11.6. The van der Waals surface area contributed by atoms with Gasteiger partial charge in [0.25, 0.3) is 0 Å². The molecule has 0 fully saturated rings. The first-order valence-electron chi connectivity index (χ1n) is 5.20. The van der Waals surface area contributed by atoms with E-state index in [0.29, 0.717) is 5.82 Å². The van der Waals surface area contributed by atoms with Gasteiger partial charge in [-0.3, -0.25) is 9.89 Å². The molecule has 1 amide bonds. The van der Waals surface area contributed by atoms with Crippen LogP contribution in [0.15, 0.2) is 24.4 Å². The topological polar surface area (TPSA) is 57.8 Å². The summed E-state index contributed by atoms with van der Waals surface area (Å²) < 4.78 is 0. The Morgan fingerprint density at radius 3 is 2.88 bits per heavy atom. The number of aromatic nitrogens is 2. The number of hydrogen-bond donors (Lipinski definition) is 2. The van der Waals surface area contributed by atoms with E-state index in [9.17, 15) is 4.79 Å². The van der Waals surface area contributed by atoms with Crippen LogP contribution in [0.4, 0.5) is 5.82 Å². The fourth-order valence-corrected chi connectivity index (χ4v) is 2.12. The van der Waals surface area contributed by atoms with Crippen LogP contribution in [0.3, 0.4) is 0 Å². The van der Waals surface area contributed by atoms with Crippen molar-refractivity contribution in [2.45, 2.75) is 13.8 Å². The normalized spacial score (nSPS) is 10.9. The molecule has 2 N–H and O–H groups in total. The summed E-state index contributed by atoms with van der Waals surface area (Å²) in [6, 6.07) is 4.02. The average molecular weight is 247 g/mol. The third kappa shape index (κ3) is 3.04. The predicted octanol–water partition coefficient (Wildman–Crippen LogP) is 2.74. The zero-order valence-corrected chi connectivity index (χ0v) is 10.5. The van der Waals surface area contributed by atoms with Crippen molar-refractivity contribution < 1.29 is 4.79 Å². The van der Waals surface area contributed by atoms with Crippen LogP contribution in [0, 0.1) is 13.8 Å². The Morgan fingerprint density at radius 1 is 1.47 bits per heavy atom. The average Bonchev–Trinajstić information content (AvgIpc) is 2.86. The van der Waals surface area contributed by atoms with Crippen molar-refractivity contribution in [3.8, 4) is 0 Å². The lowest BCUT2D eigenvalue weighted by atomic mass is 10.3. The second kappa shape index (κ2) is 4.97. The fraction of sp³-hybridized carbons (Fsp3) is 0.167. The fourth-order valence-electron chi connectivity index (χ4n) is 1.34. The molecule has 5 heteroatoms. The van der Waals surface area contributed by atoms with Gasteiger partial charge >= 0.3 is 0 Å². The zero-order chi connectivity index (χ0) is 12.3. The molecule has 0 saturated carbocycles. The molecule has 0 aliphatic rings. The molecular weight excluding hydrogens is 234 g/mol. The summed E-state index contributed by atoms with van der Waals surface area (Å²) in [7, 11) is 0. The highest BCUT2D eigenvalue weighted by Crippen LogP contribution is 2.16. The Morgan fingerprint density at radius 2 is 2.29 bits per heavy atom. The Kier molecular flexibility index (Phi) is 3.39. The highest BCUT2D eigenvalue weighted by Gasteiger charge is 2.02. The van der Waals surface area contributed by atoms with Crippen molar-refractivity contribution in [1.29, 1.82) is 0 Å². The van der Waals surface area contributed by atoms with Crippen LogP contribution < -0.4 is 5.32 Å². The van der Waals surface area contributed by atoms with Gasteiger partial charge in [0.15, 0.2) is 0 Å². The molecule has 0 bridgehead atoms. The first-order chi connectivity index (χ1) is 8.15. The first-order valence-corrected chi connectivity index (χ1v) is 6.02. The van der Waals surface area contributed by atoms with E-state index < -0.39 is 0 Å². The molecule has 0 radical (unpaired) electrons. The second-order valence-corrected chi connectivity index (χ2v) is 5.02. The summed E-state index contributed by atoms with van der Waals surface area (Å²) in [5, 5.41) is 9.29. The number of carbonyl (C=O) groups excluding carboxylic acids is 1. The molecule has 0 aliphatic heterocycles. The minimum atomic E-state index is -0.164. The van der Waals surface area contributed by atoms with E-state index >= 15 is 0 Å². The first kappa shape index (κ1) is 11.6. The Bertz CT molecular complexity index is 554. The molecule has 2 aromatic rings. The molecular formula is C12H13N3OS. The second-order valence-electron chi connectivity index (χ2n) is 3.70.